The van der Waals surface area contributed by atoms with Crippen LogP contribution >= 0.6 is 0 Å². The van der Waals surface area contributed by atoms with Crippen LogP contribution in [0, 0.1) is 0 Å². The number of morpholine rings is 1. The molecule has 5 rings (SSSR count). The lowest BCUT2D eigenvalue weighted by atomic mass is 10.2. The molecular weight excluding hydrogens is 358 g/mol. The summed E-state index contributed by atoms with van der Waals surface area (Å²) in [4.78, 5) is 16.3. The molecule has 9 heteroatoms. The first-order chi connectivity index (χ1) is 13.7. The number of aromatic amines is 1. The number of ether oxygens (including phenoxy) is 2. The van der Waals surface area contributed by atoms with Gasteiger partial charge in [0.1, 0.15) is 35.5 Å². The van der Waals surface area contributed by atoms with Gasteiger partial charge in [-0.15, -0.1) is 0 Å². The van der Waals surface area contributed by atoms with Gasteiger partial charge in [0.05, 0.1) is 25.3 Å². The van der Waals surface area contributed by atoms with Gasteiger partial charge in [-0.3, -0.25) is 5.10 Å². The van der Waals surface area contributed by atoms with E-state index in [0.29, 0.717) is 24.9 Å². The largest absolute Gasteiger partial charge is 0.491 e. The summed E-state index contributed by atoms with van der Waals surface area (Å²) in [5.41, 5.74) is 1.64. The summed E-state index contributed by atoms with van der Waals surface area (Å²) < 4.78 is 13.5. The van der Waals surface area contributed by atoms with E-state index in [9.17, 15) is 0 Å². The van der Waals surface area contributed by atoms with Crippen LogP contribution in [0.5, 0.6) is 5.75 Å². The average molecular weight is 381 g/mol. The lowest BCUT2D eigenvalue weighted by Gasteiger charge is -2.28. The Morgan fingerprint density at radius 3 is 2.75 bits per heavy atom. The Bertz CT molecular complexity index is 988. The van der Waals surface area contributed by atoms with Crippen LogP contribution in [0.15, 0.2) is 18.5 Å². The Morgan fingerprint density at radius 1 is 1.11 bits per heavy atom. The van der Waals surface area contributed by atoms with Gasteiger partial charge in [-0.2, -0.15) is 5.10 Å². The molecule has 146 valence electrons. The smallest absolute Gasteiger partial charge is 0.201 e. The second-order valence-corrected chi connectivity index (χ2v) is 7.33. The predicted octanol–water partition coefficient (Wildman–Crippen LogP) is 2.08. The van der Waals surface area contributed by atoms with Crippen molar-refractivity contribution in [3.63, 3.8) is 0 Å². The van der Waals surface area contributed by atoms with Gasteiger partial charge in [0, 0.05) is 37.5 Å². The van der Waals surface area contributed by atoms with E-state index in [1.165, 1.54) is 0 Å². The number of nitrogens with zero attached hydrogens (tertiary/aromatic N) is 6. The minimum Gasteiger partial charge on any atom is -0.491 e. The maximum absolute atomic E-state index is 6.01. The van der Waals surface area contributed by atoms with E-state index in [1.54, 1.807) is 0 Å². The number of pyridine rings is 1. The highest BCUT2D eigenvalue weighted by Gasteiger charge is 2.23. The van der Waals surface area contributed by atoms with E-state index in [0.717, 1.165) is 60.8 Å². The van der Waals surface area contributed by atoms with Crippen LogP contribution in [-0.2, 0) is 11.3 Å². The number of anilines is 1. The highest BCUT2D eigenvalue weighted by atomic mass is 16.5. The van der Waals surface area contributed by atoms with Crippen LogP contribution in [0.2, 0.25) is 0 Å². The first kappa shape index (κ1) is 17.2. The molecule has 3 aromatic rings. The number of imidazole rings is 1. The fourth-order valence-corrected chi connectivity index (χ4v) is 3.49. The molecule has 0 aliphatic carbocycles. The quantitative estimate of drug-likeness (QED) is 0.742. The number of H-pyrrole nitrogens is 1. The summed E-state index contributed by atoms with van der Waals surface area (Å²) in [6.45, 7) is 8.58. The molecule has 0 spiro atoms. The van der Waals surface area contributed by atoms with E-state index in [2.05, 4.69) is 43.5 Å². The topological polar surface area (TPSA) is 94.0 Å². The molecule has 2 aliphatic rings. The normalized spacial score (nSPS) is 16.5. The van der Waals surface area contributed by atoms with Crippen molar-refractivity contribution < 1.29 is 9.47 Å². The zero-order chi connectivity index (χ0) is 19.1. The second-order valence-electron chi connectivity index (χ2n) is 7.33. The molecule has 1 N–H and O–H groups in total. The molecule has 0 unspecified atom stereocenters. The van der Waals surface area contributed by atoms with Crippen LogP contribution in [0.1, 0.15) is 25.6 Å². The molecule has 0 radical (unpaired) electrons. The van der Waals surface area contributed by atoms with Gasteiger partial charge in [0.25, 0.3) is 0 Å². The third-order valence-electron chi connectivity index (χ3n) is 5.07. The average Bonchev–Trinajstić information content (AvgIpc) is 3.33. The highest BCUT2D eigenvalue weighted by molar-refractivity contribution is 5.69. The molecule has 0 bridgehead atoms. The molecule has 1 saturated heterocycles. The number of fused-ring (bicyclic) bond motifs is 3. The van der Waals surface area contributed by atoms with Crippen LogP contribution in [-0.4, -0.2) is 62.6 Å². The van der Waals surface area contributed by atoms with Gasteiger partial charge >= 0.3 is 0 Å². The van der Waals surface area contributed by atoms with Crippen LogP contribution < -0.4 is 9.64 Å². The second kappa shape index (κ2) is 6.90. The first-order valence-corrected chi connectivity index (χ1v) is 9.65. The van der Waals surface area contributed by atoms with Crippen LogP contribution in [0.4, 0.5) is 5.82 Å². The zero-order valence-electron chi connectivity index (χ0n) is 16.1. The minimum atomic E-state index is 0.290. The van der Waals surface area contributed by atoms with E-state index < -0.39 is 0 Å². The minimum absolute atomic E-state index is 0.290. The van der Waals surface area contributed by atoms with Crippen molar-refractivity contribution in [3.8, 4) is 28.7 Å². The number of hydrogen-bond donors (Lipinski definition) is 1. The van der Waals surface area contributed by atoms with Gasteiger partial charge in [-0.25, -0.2) is 15.0 Å². The van der Waals surface area contributed by atoms with E-state index >= 15 is 0 Å². The summed E-state index contributed by atoms with van der Waals surface area (Å²) >= 11 is 0. The number of aromatic nitrogens is 6. The molecule has 0 atom stereocenters. The molecule has 0 saturated carbocycles. The van der Waals surface area contributed by atoms with Crippen molar-refractivity contribution in [3.05, 3.63) is 24.3 Å². The first-order valence-electron chi connectivity index (χ1n) is 9.65. The van der Waals surface area contributed by atoms with Crippen molar-refractivity contribution in [1.29, 1.82) is 0 Å². The SMILES string of the molecule is CC(C)c1nc(-c2cn3c(n2)-c2cnc(N4CCOCC4)cc2OCC3)n[nH]1. The number of rotatable bonds is 3. The lowest BCUT2D eigenvalue weighted by molar-refractivity contribution is 0.122. The fourth-order valence-electron chi connectivity index (χ4n) is 3.49. The maximum Gasteiger partial charge on any atom is 0.201 e. The maximum atomic E-state index is 6.01. The van der Waals surface area contributed by atoms with Gasteiger partial charge in [0.15, 0.2) is 0 Å². The lowest BCUT2D eigenvalue weighted by Crippen LogP contribution is -2.36. The molecule has 5 heterocycles. The van der Waals surface area contributed by atoms with Crippen molar-refractivity contribution in [2.75, 3.05) is 37.8 Å². The summed E-state index contributed by atoms with van der Waals surface area (Å²) in [5.74, 6) is 4.32. The molecule has 9 nitrogen and oxygen atoms in total. The van der Waals surface area contributed by atoms with Gasteiger partial charge in [-0.1, -0.05) is 13.8 Å². The molecule has 0 aromatic carbocycles. The van der Waals surface area contributed by atoms with Crippen molar-refractivity contribution in [2.24, 2.45) is 0 Å². The van der Waals surface area contributed by atoms with Gasteiger partial charge in [-0.05, 0) is 0 Å². The van der Waals surface area contributed by atoms with Crippen LogP contribution in [0.3, 0.4) is 0 Å². The summed E-state index contributed by atoms with van der Waals surface area (Å²) in [6.07, 6.45) is 3.84. The van der Waals surface area contributed by atoms with E-state index in [-0.39, 0.29) is 0 Å². The van der Waals surface area contributed by atoms with Crippen molar-refractivity contribution in [2.45, 2.75) is 26.3 Å². The number of hydrogen-bond acceptors (Lipinski definition) is 7. The monoisotopic (exact) mass is 381 g/mol. The van der Waals surface area contributed by atoms with Gasteiger partial charge < -0.3 is 18.9 Å². The standard InChI is InChI=1S/C19H23N7O2/c1-12(2)17-22-18(24-23-17)14-11-26-5-8-28-15-9-16(25-3-6-27-7-4-25)20-10-13(15)19(26)21-14/h9-12H,3-8H2,1-2H3,(H,22,23,24). The van der Waals surface area contributed by atoms with Crippen molar-refractivity contribution in [1.82, 2.24) is 29.7 Å². The third kappa shape index (κ3) is 3.01. The molecule has 0 amide bonds. The van der Waals surface area contributed by atoms with E-state index in [1.807, 2.05) is 18.5 Å². The zero-order valence-corrected chi connectivity index (χ0v) is 16.1. The molecular formula is C19H23N7O2. The Balaban J connectivity index is 1.50. The molecule has 3 aromatic heterocycles. The fraction of sp³-hybridized carbons (Fsp3) is 0.474. The van der Waals surface area contributed by atoms with E-state index in [4.69, 9.17) is 14.5 Å². The van der Waals surface area contributed by atoms with Crippen LogP contribution in [0.25, 0.3) is 22.9 Å². The predicted molar refractivity (Wildman–Crippen MR) is 103 cm³/mol. The number of nitrogens with one attached hydrogen (secondary N) is 1. The van der Waals surface area contributed by atoms with Gasteiger partial charge in [0.2, 0.25) is 5.82 Å². The summed E-state index contributed by atoms with van der Waals surface area (Å²) in [5, 5.41) is 7.32. The highest BCUT2D eigenvalue weighted by Crippen LogP contribution is 2.35. The Kier molecular flexibility index (Phi) is 4.23. The Labute approximate surface area is 162 Å². The molecule has 1 fully saturated rings. The molecule has 28 heavy (non-hydrogen) atoms. The Hall–Kier alpha value is -2.94. The summed E-state index contributed by atoms with van der Waals surface area (Å²) in [7, 11) is 0. The third-order valence-corrected chi connectivity index (χ3v) is 5.07. The van der Waals surface area contributed by atoms with Crippen molar-refractivity contribution >= 4 is 5.82 Å². The molecule has 2 aliphatic heterocycles. The Morgan fingerprint density at radius 2 is 1.96 bits per heavy atom. The summed E-state index contributed by atoms with van der Waals surface area (Å²) in [6, 6.07) is 2.01.